The van der Waals surface area contributed by atoms with Crippen molar-refractivity contribution in [2.24, 2.45) is 0 Å². The Morgan fingerprint density at radius 3 is 2.42 bits per heavy atom. The number of H-pyrrole nitrogens is 1. The number of aromatic amines is 1. The second-order valence-electron chi connectivity index (χ2n) is 6.14. The molecule has 0 aliphatic carbocycles. The van der Waals surface area contributed by atoms with Gasteiger partial charge in [-0.05, 0) is 23.8 Å². The van der Waals surface area contributed by atoms with Gasteiger partial charge in [0.2, 0.25) is 0 Å². The van der Waals surface area contributed by atoms with Crippen molar-refractivity contribution in [1.82, 2.24) is 9.97 Å². The van der Waals surface area contributed by atoms with Gasteiger partial charge in [-0.3, -0.25) is 0 Å². The maximum absolute atomic E-state index is 6.53. The summed E-state index contributed by atoms with van der Waals surface area (Å²) in [5.74, 6) is 0. The van der Waals surface area contributed by atoms with Crippen molar-refractivity contribution in [3.63, 3.8) is 0 Å². The number of hydrogen-bond acceptors (Lipinski definition) is 1. The monoisotopic (exact) mass is 396 g/mol. The maximum Gasteiger partial charge on any atom is 0.131 e. The predicted molar refractivity (Wildman–Crippen MR) is 112 cm³/mol. The Balaban J connectivity index is 1.94. The number of aromatic nitrogens is 2. The minimum atomic E-state index is 0.324. The number of nitrogens with zero attached hydrogens (tertiary/aromatic N) is 1. The number of halogens is 3. The first kappa shape index (κ1) is 16.0. The van der Waals surface area contributed by atoms with E-state index < -0.39 is 0 Å². The van der Waals surface area contributed by atoms with Gasteiger partial charge in [0.1, 0.15) is 5.15 Å². The van der Waals surface area contributed by atoms with Crippen LogP contribution in [0.2, 0.25) is 15.2 Å². The van der Waals surface area contributed by atoms with E-state index in [0.29, 0.717) is 20.7 Å². The molecule has 0 spiro atoms. The van der Waals surface area contributed by atoms with Crippen LogP contribution in [-0.4, -0.2) is 9.97 Å². The molecule has 0 radical (unpaired) electrons. The van der Waals surface area contributed by atoms with E-state index >= 15 is 0 Å². The van der Waals surface area contributed by atoms with Gasteiger partial charge < -0.3 is 4.98 Å². The van der Waals surface area contributed by atoms with Crippen molar-refractivity contribution in [3.8, 4) is 11.1 Å². The molecule has 0 saturated heterocycles. The number of nitrogens with one attached hydrogen (secondary N) is 1. The molecule has 0 amide bonds. The smallest absolute Gasteiger partial charge is 0.131 e. The molecule has 0 aliphatic rings. The molecule has 5 heteroatoms. The van der Waals surface area contributed by atoms with Gasteiger partial charge in [-0.15, -0.1) is 0 Å². The third-order valence-corrected chi connectivity index (χ3v) is 5.46. The second-order valence-corrected chi connectivity index (χ2v) is 7.35. The molecule has 2 nitrogen and oxygen atoms in total. The first-order valence-electron chi connectivity index (χ1n) is 8.07. The lowest BCUT2D eigenvalue weighted by atomic mass is 9.98. The van der Waals surface area contributed by atoms with E-state index in [1.807, 2.05) is 24.3 Å². The SMILES string of the molecule is Clc1cc(Cl)c2c(-c3cccc4c3[nH]c3ccccc34)ccc(Cl)c2n1. The summed E-state index contributed by atoms with van der Waals surface area (Å²) in [5, 5.41) is 4.54. The van der Waals surface area contributed by atoms with Gasteiger partial charge in [0.05, 0.1) is 21.1 Å². The van der Waals surface area contributed by atoms with Crippen molar-refractivity contribution < 1.29 is 0 Å². The largest absolute Gasteiger partial charge is 0.354 e. The number of rotatable bonds is 1. The Bertz CT molecular complexity index is 1320. The molecule has 0 aliphatic heterocycles. The molecule has 0 unspecified atom stereocenters. The highest BCUT2D eigenvalue weighted by atomic mass is 35.5. The summed E-state index contributed by atoms with van der Waals surface area (Å²) in [6, 6.07) is 20.0. The molecule has 5 rings (SSSR count). The van der Waals surface area contributed by atoms with Crippen molar-refractivity contribution in [3.05, 3.63) is 75.9 Å². The molecular weight excluding hydrogens is 387 g/mol. The number of hydrogen-bond donors (Lipinski definition) is 1. The molecule has 2 aromatic heterocycles. The minimum absolute atomic E-state index is 0.324. The minimum Gasteiger partial charge on any atom is -0.354 e. The lowest BCUT2D eigenvalue weighted by molar-refractivity contribution is 1.41. The van der Waals surface area contributed by atoms with Crippen LogP contribution in [0.5, 0.6) is 0 Å². The zero-order valence-electron chi connectivity index (χ0n) is 13.4. The van der Waals surface area contributed by atoms with E-state index in [-0.39, 0.29) is 0 Å². The van der Waals surface area contributed by atoms with Gasteiger partial charge in [0, 0.05) is 27.2 Å². The molecule has 5 aromatic rings. The Labute approximate surface area is 164 Å². The van der Waals surface area contributed by atoms with E-state index in [1.165, 1.54) is 10.8 Å². The van der Waals surface area contributed by atoms with E-state index in [1.54, 1.807) is 6.07 Å². The highest BCUT2D eigenvalue weighted by molar-refractivity contribution is 6.42. The van der Waals surface area contributed by atoms with Gasteiger partial charge in [-0.1, -0.05) is 77.3 Å². The molecule has 0 atom stereocenters. The average Bonchev–Trinajstić information content (AvgIpc) is 3.01. The third kappa shape index (κ3) is 2.30. The van der Waals surface area contributed by atoms with Crippen LogP contribution in [-0.2, 0) is 0 Å². The van der Waals surface area contributed by atoms with Crippen molar-refractivity contribution in [2.75, 3.05) is 0 Å². The summed E-state index contributed by atoms with van der Waals surface area (Å²) < 4.78 is 0. The van der Waals surface area contributed by atoms with Crippen LogP contribution >= 0.6 is 34.8 Å². The summed E-state index contributed by atoms with van der Waals surface area (Å²) in [5.41, 5.74) is 4.78. The molecule has 3 aromatic carbocycles. The normalized spacial score (nSPS) is 11.7. The average molecular weight is 398 g/mol. The quantitative estimate of drug-likeness (QED) is 0.291. The topological polar surface area (TPSA) is 28.7 Å². The standard InChI is InChI=1S/C21H11Cl3N2/c22-15-9-8-12(19-16(23)10-18(24)26-21(15)19)14-6-3-5-13-11-4-1-2-7-17(11)25-20(13)14/h1-10,25H. The second kappa shape index (κ2) is 5.88. The van der Waals surface area contributed by atoms with Crippen molar-refractivity contribution >= 4 is 67.5 Å². The predicted octanol–water partition coefficient (Wildman–Crippen LogP) is 7.50. The number of para-hydroxylation sites is 2. The van der Waals surface area contributed by atoms with Crippen molar-refractivity contribution in [2.45, 2.75) is 0 Å². The summed E-state index contributed by atoms with van der Waals surface area (Å²) in [6.45, 7) is 0. The van der Waals surface area contributed by atoms with Crippen molar-refractivity contribution in [1.29, 1.82) is 0 Å². The third-order valence-electron chi connectivity index (χ3n) is 4.66. The van der Waals surface area contributed by atoms with Gasteiger partial charge in [-0.25, -0.2) is 4.98 Å². The molecule has 0 saturated carbocycles. The fourth-order valence-electron chi connectivity index (χ4n) is 3.55. The van der Waals surface area contributed by atoms with Crippen LogP contribution in [0.3, 0.4) is 0 Å². The van der Waals surface area contributed by atoms with Crippen LogP contribution in [0.4, 0.5) is 0 Å². The Morgan fingerprint density at radius 1 is 0.731 bits per heavy atom. The molecule has 0 bridgehead atoms. The molecule has 26 heavy (non-hydrogen) atoms. The van der Waals surface area contributed by atoms with Gasteiger partial charge >= 0.3 is 0 Å². The molecule has 126 valence electrons. The van der Waals surface area contributed by atoms with E-state index in [4.69, 9.17) is 34.8 Å². The summed E-state index contributed by atoms with van der Waals surface area (Å²) >= 11 is 19.0. The summed E-state index contributed by atoms with van der Waals surface area (Å²) in [6.07, 6.45) is 0. The van der Waals surface area contributed by atoms with Gasteiger partial charge in [-0.2, -0.15) is 0 Å². The zero-order valence-corrected chi connectivity index (χ0v) is 15.6. The van der Waals surface area contributed by atoms with Crippen LogP contribution in [0, 0.1) is 0 Å². The summed E-state index contributed by atoms with van der Waals surface area (Å²) in [7, 11) is 0. The summed E-state index contributed by atoms with van der Waals surface area (Å²) in [4.78, 5) is 7.92. The Hall–Kier alpha value is -2.26. The van der Waals surface area contributed by atoms with Gasteiger partial charge in [0.15, 0.2) is 0 Å². The molecular formula is C21H11Cl3N2. The molecule has 1 N–H and O–H groups in total. The number of benzene rings is 3. The first-order chi connectivity index (χ1) is 12.6. The first-order valence-corrected chi connectivity index (χ1v) is 9.21. The lowest BCUT2D eigenvalue weighted by Crippen LogP contribution is -1.89. The highest BCUT2D eigenvalue weighted by Gasteiger charge is 2.16. The lowest BCUT2D eigenvalue weighted by Gasteiger charge is -2.11. The van der Waals surface area contributed by atoms with Crippen LogP contribution in [0.1, 0.15) is 0 Å². The maximum atomic E-state index is 6.53. The van der Waals surface area contributed by atoms with Crippen LogP contribution < -0.4 is 0 Å². The van der Waals surface area contributed by atoms with E-state index in [0.717, 1.165) is 27.5 Å². The van der Waals surface area contributed by atoms with Crippen LogP contribution in [0.25, 0.3) is 43.8 Å². The fourth-order valence-corrected chi connectivity index (χ4v) is 4.30. The Morgan fingerprint density at radius 2 is 1.54 bits per heavy atom. The zero-order chi connectivity index (χ0) is 17.8. The number of pyridine rings is 1. The fraction of sp³-hybridized carbons (Fsp3) is 0. The van der Waals surface area contributed by atoms with Crippen LogP contribution in [0.15, 0.2) is 60.7 Å². The van der Waals surface area contributed by atoms with E-state index in [9.17, 15) is 0 Å². The highest BCUT2D eigenvalue weighted by Crippen LogP contribution is 2.41. The molecule has 0 fully saturated rings. The molecule has 2 heterocycles. The van der Waals surface area contributed by atoms with Gasteiger partial charge in [0.25, 0.3) is 0 Å². The Kier molecular flexibility index (Phi) is 3.61. The van der Waals surface area contributed by atoms with E-state index in [2.05, 4.69) is 40.3 Å². The number of fused-ring (bicyclic) bond motifs is 4.